The second-order valence-electron chi connectivity index (χ2n) is 6.32. The summed E-state index contributed by atoms with van der Waals surface area (Å²) in [6.45, 7) is 0. The molecule has 1 atom stereocenters. The van der Waals surface area contributed by atoms with E-state index in [0.29, 0.717) is 26.7 Å². The number of halogens is 2. The van der Waals surface area contributed by atoms with Crippen molar-refractivity contribution in [3.05, 3.63) is 69.2 Å². The van der Waals surface area contributed by atoms with Gasteiger partial charge in [-0.2, -0.15) is 0 Å². The first kappa shape index (κ1) is 24.4. The highest BCUT2D eigenvalue weighted by Gasteiger charge is 2.25. The fourth-order valence-corrected chi connectivity index (χ4v) is 4.22. The van der Waals surface area contributed by atoms with Gasteiger partial charge in [0.15, 0.2) is 0 Å². The molecule has 0 spiro atoms. The number of esters is 1. The first-order chi connectivity index (χ1) is 14.2. The molecule has 7 nitrogen and oxygen atoms in total. The molecule has 0 saturated carbocycles. The van der Waals surface area contributed by atoms with Crippen molar-refractivity contribution in [3.63, 3.8) is 0 Å². The van der Waals surface area contributed by atoms with Gasteiger partial charge in [0, 0.05) is 36.2 Å². The van der Waals surface area contributed by atoms with Gasteiger partial charge in [0.2, 0.25) is 0 Å². The Kier molecular flexibility index (Phi) is 8.89. The number of methoxy groups -OCH3 is 1. The number of rotatable bonds is 9. The van der Waals surface area contributed by atoms with E-state index < -0.39 is 25.5 Å². The van der Waals surface area contributed by atoms with Crippen LogP contribution in [0.4, 0.5) is 0 Å². The normalized spacial score (nSPS) is 12.3. The van der Waals surface area contributed by atoms with Crippen LogP contribution < -0.4 is 5.32 Å². The van der Waals surface area contributed by atoms with Crippen molar-refractivity contribution in [1.82, 2.24) is 5.32 Å². The number of amides is 1. The van der Waals surface area contributed by atoms with Crippen LogP contribution in [0.25, 0.3) is 0 Å². The van der Waals surface area contributed by atoms with Crippen LogP contribution in [0.3, 0.4) is 0 Å². The molecule has 0 saturated heterocycles. The van der Waals surface area contributed by atoms with Crippen molar-refractivity contribution in [2.45, 2.75) is 18.6 Å². The molecule has 1 amide bonds. The molecular formula is C20H22Cl2NO6P. The van der Waals surface area contributed by atoms with Gasteiger partial charge in [0.1, 0.15) is 6.04 Å². The molecule has 0 aliphatic heterocycles. The molecule has 0 aliphatic carbocycles. The van der Waals surface area contributed by atoms with Crippen molar-refractivity contribution >= 4 is 42.7 Å². The summed E-state index contributed by atoms with van der Waals surface area (Å²) in [6.07, 6.45) is 0.207. The lowest BCUT2D eigenvalue weighted by Crippen LogP contribution is -2.43. The number of carbonyl (C=O) groups excluding carboxylic acids is 2. The Hall–Kier alpha value is -1.89. The Morgan fingerprint density at radius 2 is 1.67 bits per heavy atom. The largest absolute Gasteiger partial charge is 0.467 e. The van der Waals surface area contributed by atoms with E-state index in [2.05, 4.69) is 5.32 Å². The summed E-state index contributed by atoms with van der Waals surface area (Å²) >= 11 is 12.1. The van der Waals surface area contributed by atoms with Crippen molar-refractivity contribution < 1.29 is 27.9 Å². The van der Waals surface area contributed by atoms with Gasteiger partial charge < -0.3 is 19.1 Å². The number of ether oxygens (including phenoxy) is 1. The van der Waals surface area contributed by atoms with Gasteiger partial charge in [-0.1, -0.05) is 41.4 Å². The Bertz CT molecular complexity index is 943. The minimum Gasteiger partial charge on any atom is -0.467 e. The lowest BCUT2D eigenvalue weighted by Gasteiger charge is -2.18. The van der Waals surface area contributed by atoms with Crippen molar-refractivity contribution in [1.29, 1.82) is 0 Å². The summed E-state index contributed by atoms with van der Waals surface area (Å²) in [5, 5.41) is 3.51. The topological polar surface area (TPSA) is 90.9 Å². The average molecular weight is 474 g/mol. The number of hydrogen-bond donors (Lipinski definition) is 1. The number of hydrogen-bond acceptors (Lipinski definition) is 6. The van der Waals surface area contributed by atoms with Crippen LogP contribution in [-0.4, -0.2) is 39.2 Å². The van der Waals surface area contributed by atoms with E-state index in [0.717, 1.165) is 0 Å². The molecule has 0 aliphatic rings. The molecule has 0 fully saturated rings. The van der Waals surface area contributed by atoms with Crippen LogP contribution in [0.5, 0.6) is 0 Å². The maximum Gasteiger partial charge on any atom is 0.334 e. The van der Waals surface area contributed by atoms with Gasteiger partial charge >= 0.3 is 13.6 Å². The molecule has 0 unspecified atom stereocenters. The van der Waals surface area contributed by atoms with E-state index >= 15 is 0 Å². The molecule has 0 bridgehead atoms. The van der Waals surface area contributed by atoms with Crippen LogP contribution >= 0.6 is 30.8 Å². The highest BCUT2D eigenvalue weighted by atomic mass is 35.5. The van der Waals surface area contributed by atoms with E-state index in [1.165, 1.54) is 21.3 Å². The Labute approximate surface area is 185 Å². The third-order valence-electron chi connectivity index (χ3n) is 4.38. The van der Waals surface area contributed by atoms with Gasteiger partial charge in [-0.3, -0.25) is 9.36 Å². The Morgan fingerprint density at radius 3 is 2.20 bits per heavy atom. The van der Waals surface area contributed by atoms with Crippen LogP contribution in [-0.2, 0) is 35.7 Å². The van der Waals surface area contributed by atoms with E-state index in [9.17, 15) is 14.2 Å². The minimum absolute atomic E-state index is 0.0712. The molecule has 162 valence electrons. The lowest BCUT2D eigenvalue weighted by atomic mass is 10.0. The van der Waals surface area contributed by atoms with E-state index in [1.54, 1.807) is 42.5 Å². The maximum absolute atomic E-state index is 12.6. The fourth-order valence-electron chi connectivity index (χ4n) is 2.67. The van der Waals surface area contributed by atoms with E-state index in [1.807, 2.05) is 0 Å². The monoisotopic (exact) mass is 473 g/mol. The molecular weight excluding hydrogens is 452 g/mol. The van der Waals surface area contributed by atoms with Gasteiger partial charge in [0.25, 0.3) is 5.91 Å². The molecule has 2 rings (SSSR count). The summed E-state index contributed by atoms with van der Waals surface area (Å²) < 4.78 is 26.9. The van der Waals surface area contributed by atoms with Crippen molar-refractivity contribution in [2.75, 3.05) is 21.3 Å². The Balaban J connectivity index is 2.13. The van der Waals surface area contributed by atoms with Gasteiger partial charge in [0.05, 0.1) is 13.3 Å². The van der Waals surface area contributed by atoms with Crippen LogP contribution in [0.15, 0.2) is 42.5 Å². The van der Waals surface area contributed by atoms with Gasteiger partial charge in [-0.05, 0) is 35.4 Å². The first-order valence-corrected chi connectivity index (χ1v) is 11.3. The summed E-state index contributed by atoms with van der Waals surface area (Å²) in [6, 6.07) is 10.4. The number of benzene rings is 2. The minimum atomic E-state index is -3.21. The quantitative estimate of drug-likeness (QED) is 0.426. The van der Waals surface area contributed by atoms with Gasteiger partial charge in [-0.15, -0.1) is 0 Å². The van der Waals surface area contributed by atoms with Crippen LogP contribution in [0.1, 0.15) is 21.5 Å². The highest BCUT2D eigenvalue weighted by Crippen LogP contribution is 2.49. The molecule has 2 aromatic carbocycles. The average Bonchev–Trinajstić information content (AvgIpc) is 2.74. The zero-order valence-electron chi connectivity index (χ0n) is 16.7. The van der Waals surface area contributed by atoms with Gasteiger partial charge in [-0.25, -0.2) is 4.79 Å². The first-order valence-electron chi connectivity index (χ1n) is 8.83. The maximum atomic E-state index is 12.6. The highest BCUT2D eigenvalue weighted by molar-refractivity contribution is 7.52. The second-order valence-corrected chi connectivity index (χ2v) is 9.43. The molecule has 30 heavy (non-hydrogen) atoms. The Morgan fingerprint density at radius 1 is 1.03 bits per heavy atom. The van der Waals surface area contributed by atoms with Crippen LogP contribution in [0, 0.1) is 0 Å². The standard InChI is InChI=1S/C20H22Cl2NO6P/c1-27-20(25)18(10-15-8-9-16(21)11-17(15)22)23-19(24)14-6-4-13(5-7-14)12-30(26,28-2)29-3/h4-9,11,18H,10,12H2,1-3H3,(H,23,24)/t18-/m0/s1. The SMILES string of the molecule is COC(=O)[C@H](Cc1ccc(Cl)cc1Cl)NC(=O)c1ccc(CP(=O)(OC)OC)cc1. The lowest BCUT2D eigenvalue weighted by molar-refractivity contribution is -0.142. The molecule has 0 heterocycles. The predicted octanol–water partition coefficient (Wildman–Crippen LogP) is 4.49. The molecule has 1 N–H and O–H groups in total. The van der Waals surface area contributed by atoms with Crippen molar-refractivity contribution in [2.24, 2.45) is 0 Å². The molecule has 2 aromatic rings. The summed E-state index contributed by atoms with van der Waals surface area (Å²) in [7, 11) is 0.650. The third-order valence-corrected chi connectivity index (χ3v) is 6.83. The van der Waals surface area contributed by atoms with Crippen LogP contribution in [0.2, 0.25) is 10.0 Å². The predicted molar refractivity (Wildman–Crippen MR) is 115 cm³/mol. The summed E-state index contributed by atoms with van der Waals surface area (Å²) in [4.78, 5) is 24.8. The van der Waals surface area contributed by atoms with Crippen molar-refractivity contribution in [3.8, 4) is 0 Å². The third kappa shape index (κ3) is 6.56. The zero-order chi connectivity index (χ0) is 22.3. The zero-order valence-corrected chi connectivity index (χ0v) is 19.1. The second kappa shape index (κ2) is 10.9. The van der Waals surface area contributed by atoms with E-state index in [4.69, 9.17) is 37.0 Å². The fraction of sp³-hybridized carbons (Fsp3) is 0.300. The number of carbonyl (C=O) groups is 2. The number of nitrogens with one attached hydrogen (secondary N) is 1. The summed E-state index contributed by atoms with van der Waals surface area (Å²) in [5.41, 5.74) is 1.64. The smallest absolute Gasteiger partial charge is 0.334 e. The molecule has 10 heteroatoms. The molecule has 0 radical (unpaired) electrons. The van der Waals surface area contributed by atoms with E-state index in [-0.39, 0.29) is 12.6 Å². The molecule has 0 aromatic heterocycles. The summed E-state index contributed by atoms with van der Waals surface area (Å²) in [5.74, 6) is -1.07.